The van der Waals surface area contributed by atoms with E-state index >= 15 is 0 Å². The molecule has 0 aromatic heterocycles. The highest BCUT2D eigenvalue weighted by molar-refractivity contribution is 4.90. The molecular weight excluding hydrogens is 240 g/mol. The second-order valence-corrected chi connectivity index (χ2v) is 7.48. The zero-order chi connectivity index (χ0) is 14.2. The molecule has 0 atom stereocenters. The quantitative estimate of drug-likeness (QED) is 0.371. The maximum absolute atomic E-state index is 2.45. The summed E-state index contributed by atoms with van der Waals surface area (Å²) in [7, 11) is 0. The minimum absolute atomic E-state index is 0.904. The summed E-state index contributed by atoms with van der Waals surface area (Å²) in [6.45, 7) is 4.49. The summed E-state index contributed by atoms with van der Waals surface area (Å²) in [4.78, 5) is 0. The fourth-order valence-electron chi connectivity index (χ4n) is 4.71. The van der Waals surface area contributed by atoms with Crippen molar-refractivity contribution in [3.05, 3.63) is 12.2 Å². The van der Waals surface area contributed by atoms with Crippen molar-refractivity contribution in [3.63, 3.8) is 0 Å². The van der Waals surface area contributed by atoms with E-state index in [1.54, 1.807) is 25.7 Å². The molecular formula is C20H36. The Morgan fingerprint density at radius 3 is 1.95 bits per heavy atom. The van der Waals surface area contributed by atoms with E-state index in [9.17, 15) is 0 Å². The number of rotatable bonds is 6. The molecule has 2 fully saturated rings. The molecule has 0 amide bonds. The molecule has 20 heavy (non-hydrogen) atoms. The standard InChI is InChI=1S/C20H36/c1-3-5-6-8-18-11-15-20(16-12-18)19-13-9-17(7-4-2)10-14-19/h4,7,17-20H,3,5-6,8-16H2,1-2H3. The molecule has 0 N–H and O–H groups in total. The molecule has 0 radical (unpaired) electrons. The van der Waals surface area contributed by atoms with Crippen molar-refractivity contribution in [2.75, 3.05) is 0 Å². The zero-order valence-electron chi connectivity index (χ0n) is 13.9. The van der Waals surface area contributed by atoms with Crippen molar-refractivity contribution < 1.29 is 0 Å². The minimum Gasteiger partial charge on any atom is -0.0914 e. The van der Waals surface area contributed by atoms with Gasteiger partial charge in [0.25, 0.3) is 0 Å². The number of hydrogen-bond donors (Lipinski definition) is 0. The molecule has 2 aliphatic carbocycles. The highest BCUT2D eigenvalue weighted by Gasteiger charge is 2.29. The number of hydrogen-bond acceptors (Lipinski definition) is 0. The van der Waals surface area contributed by atoms with Gasteiger partial charge in [0, 0.05) is 0 Å². The van der Waals surface area contributed by atoms with Crippen LogP contribution in [0.2, 0.25) is 0 Å². The largest absolute Gasteiger partial charge is 0.0914 e. The Balaban J connectivity index is 1.64. The molecule has 2 aliphatic rings. The van der Waals surface area contributed by atoms with Gasteiger partial charge in [0.15, 0.2) is 0 Å². The molecule has 0 spiro atoms. The lowest BCUT2D eigenvalue weighted by Crippen LogP contribution is -2.25. The van der Waals surface area contributed by atoms with Crippen molar-refractivity contribution in [1.29, 1.82) is 0 Å². The highest BCUT2D eigenvalue weighted by Crippen LogP contribution is 2.42. The molecule has 2 rings (SSSR count). The average Bonchev–Trinajstić information content (AvgIpc) is 2.49. The fraction of sp³-hybridized carbons (Fsp3) is 0.900. The van der Waals surface area contributed by atoms with Gasteiger partial charge in [-0.1, -0.05) is 57.6 Å². The van der Waals surface area contributed by atoms with Gasteiger partial charge in [-0.3, -0.25) is 0 Å². The lowest BCUT2D eigenvalue weighted by Gasteiger charge is -2.37. The first kappa shape index (κ1) is 16.1. The molecule has 0 heterocycles. The first-order valence-corrected chi connectivity index (χ1v) is 9.46. The maximum Gasteiger partial charge on any atom is -0.0233 e. The third-order valence-electron chi connectivity index (χ3n) is 6.06. The van der Waals surface area contributed by atoms with E-state index in [4.69, 9.17) is 0 Å². The Hall–Kier alpha value is -0.260. The fourth-order valence-corrected chi connectivity index (χ4v) is 4.71. The van der Waals surface area contributed by atoms with E-state index in [1.807, 2.05) is 0 Å². The predicted molar refractivity (Wildman–Crippen MR) is 89.9 cm³/mol. The van der Waals surface area contributed by atoms with Gasteiger partial charge >= 0.3 is 0 Å². The molecule has 0 nitrogen and oxygen atoms in total. The summed E-state index contributed by atoms with van der Waals surface area (Å²) >= 11 is 0. The van der Waals surface area contributed by atoms with Crippen molar-refractivity contribution >= 4 is 0 Å². The van der Waals surface area contributed by atoms with Crippen LogP contribution in [0.25, 0.3) is 0 Å². The van der Waals surface area contributed by atoms with E-state index in [2.05, 4.69) is 26.0 Å². The van der Waals surface area contributed by atoms with Crippen LogP contribution in [0.1, 0.15) is 90.9 Å². The van der Waals surface area contributed by atoms with Gasteiger partial charge in [-0.25, -0.2) is 0 Å². The summed E-state index contributed by atoms with van der Waals surface area (Å²) in [6, 6.07) is 0. The summed E-state index contributed by atoms with van der Waals surface area (Å²) in [5, 5.41) is 0. The first-order valence-electron chi connectivity index (χ1n) is 9.46. The summed E-state index contributed by atoms with van der Waals surface area (Å²) in [5.74, 6) is 4.15. The van der Waals surface area contributed by atoms with Gasteiger partial charge in [0.2, 0.25) is 0 Å². The highest BCUT2D eigenvalue weighted by atomic mass is 14.4. The van der Waals surface area contributed by atoms with Gasteiger partial charge in [-0.15, -0.1) is 0 Å². The van der Waals surface area contributed by atoms with Crippen LogP contribution < -0.4 is 0 Å². The molecule has 2 saturated carbocycles. The molecule has 116 valence electrons. The third-order valence-corrected chi connectivity index (χ3v) is 6.06. The van der Waals surface area contributed by atoms with Crippen molar-refractivity contribution in [1.82, 2.24) is 0 Å². The Bertz CT molecular complexity index is 262. The molecule has 0 aromatic rings. The molecule has 0 heteroatoms. The summed E-state index contributed by atoms with van der Waals surface area (Å²) in [6.07, 6.45) is 22.7. The van der Waals surface area contributed by atoms with Crippen molar-refractivity contribution in [2.24, 2.45) is 23.7 Å². The van der Waals surface area contributed by atoms with Crippen LogP contribution in [-0.4, -0.2) is 0 Å². The zero-order valence-corrected chi connectivity index (χ0v) is 13.9. The van der Waals surface area contributed by atoms with Crippen LogP contribution in [0.15, 0.2) is 12.2 Å². The van der Waals surface area contributed by atoms with E-state index in [0.717, 1.165) is 23.7 Å². The molecule has 0 aliphatic heterocycles. The Morgan fingerprint density at radius 1 is 0.800 bits per heavy atom. The van der Waals surface area contributed by atoms with Gasteiger partial charge in [0.1, 0.15) is 0 Å². The van der Waals surface area contributed by atoms with Crippen molar-refractivity contribution in [3.8, 4) is 0 Å². The Labute approximate surface area is 127 Å². The van der Waals surface area contributed by atoms with E-state index in [0.29, 0.717) is 0 Å². The predicted octanol–water partition coefficient (Wildman–Crippen LogP) is 6.76. The van der Waals surface area contributed by atoms with Gasteiger partial charge in [-0.05, 0) is 69.1 Å². The molecule has 0 unspecified atom stereocenters. The van der Waals surface area contributed by atoms with Gasteiger partial charge in [-0.2, -0.15) is 0 Å². The van der Waals surface area contributed by atoms with Crippen LogP contribution in [0, 0.1) is 23.7 Å². The van der Waals surface area contributed by atoms with Crippen LogP contribution in [0.4, 0.5) is 0 Å². The van der Waals surface area contributed by atoms with Crippen molar-refractivity contribution in [2.45, 2.75) is 90.9 Å². The van der Waals surface area contributed by atoms with Crippen LogP contribution >= 0.6 is 0 Å². The van der Waals surface area contributed by atoms with E-state index < -0.39 is 0 Å². The minimum atomic E-state index is 0.904. The lowest BCUT2D eigenvalue weighted by molar-refractivity contribution is 0.151. The third kappa shape index (κ3) is 4.93. The topological polar surface area (TPSA) is 0 Å². The number of unbranched alkanes of at least 4 members (excludes halogenated alkanes) is 2. The lowest BCUT2D eigenvalue weighted by atomic mass is 9.68. The van der Waals surface area contributed by atoms with E-state index in [1.165, 1.54) is 51.4 Å². The number of allylic oxidation sites excluding steroid dienone is 2. The first-order chi connectivity index (χ1) is 9.83. The molecule has 0 bridgehead atoms. The smallest absolute Gasteiger partial charge is 0.0233 e. The second kappa shape index (κ2) is 8.90. The summed E-state index contributed by atoms with van der Waals surface area (Å²) in [5.41, 5.74) is 0. The van der Waals surface area contributed by atoms with Gasteiger partial charge in [0.05, 0.1) is 0 Å². The monoisotopic (exact) mass is 276 g/mol. The molecule has 0 saturated heterocycles. The second-order valence-electron chi connectivity index (χ2n) is 7.48. The van der Waals surface area contributed by atoms with Gasteiger partial charge < -0.3 is 0 Å². The maximum atomic E-state index is 2.45. The van der Waals surface area contributed by atoms with Crippen LogP contribution in [0.3, 0.4) is 0 Å². The molecule has 0 aromatic carbocycles. The van der Waals surface area contributed by atoms with Crippen LogP contribution in [0.5, 0.6) is 0 Å². The Morgan fingerprint density at radius 2 is 1.40 bits per heavy atom. The summed E-state index contributed by atoms with van der Waals surface area (Å²) < 4.78 is 0. The average molecular weight is 277 g/mol. The SMILES string of the molecule is CC=CC1CCC(C2CCC(CCCCC)CC2)CC1. The van der Waals surface area contributed by atoms with Crippen LogP contribution in [-0.2, 0) is 0 Å². The Kier molecular flexibility index (Phi) is 7.17. The normalized spacial score (nSPS) is 35.5. The van der Waals surface area contributed by atoms with E-state index in [-0.39, 0.29) is 0 Å².